The number of aromatic nitrogens is 2. The lowest BCUT2D eigenvalue weighted by Gasteiger charge is -2.21. The van der Waals surface area contributed by atoms with Crippen LogP contribution in [-0.2, 0) is 13.1 Å². The van der Waals surface area contributed by atoms with Gasteiger partial charge in [0.05, 0.1) is 13.7 Å². The number of methoxy groups -OCH3 is 1. The molecule has 114 valence electrons. The van der Waals surface area contributed by atoms with E-state index in [1.807, 2.05) is 11.8 Å². The fraction of sp³-hybridized carbons (Fsp3) is 0.400. The van der Waals surface area contributed by atoms with Crippen LogP contribution in [0.15, 0.2) is 24.4 Å². The second-order valence-corrected chi connectivity index (χ2v) is 4.89. The third kappa shape index (κ3) is 4.27. The van der Waals surface area contributed by atoms with Crippen LogP contribution in [0.2, 0.25) is 0 Å². The van der Waals surface area contributed by atoms with Gasteiger partial charge in [-0.2, -0.15) is 0 Å². The highest BCUT2D eigenvalue weighted by atomic mass is 19.1. The average Bonchev–Trinajstić information content (AvgIpc) is 2.87. The molecule has 0 aliphatic rings. The molecule has 1 aromatic heterocycles. The molecule has 0 radical (unpaired) electrons. The Hall–Kier alpha value is -1.92. The number of aliphatic hydroxyl groups excluding tert-OH is 1. The largest absolute Gasteiger partial charge is 0.497 e. The first-order valence-corrected chi connectivity index (χ1v) is 6.78. The summed E-state index contributed by atoms with van der Waals surface area (Å²) in [5.74, 6) is 1.17. The molecule has 0 spiro atoms. The van der Waals surface area contributed by atoms with E-state index in [0.29, 0.717) is 30.9 Å². The van der Waals surface area contributed by atoms with E-state index in [9.17, 15) is 9.50 Å². The average molecular weight is 293 g/mol. The molecule has 0 unspecified atom stereocenters. The van der Waals surface area contributed by atoms with Crippen LogP contribution in [-0.4, -0.2) is 40.2 Å². The van der Waals surface area contributed by atoms with Gasteiger partial charge in [-0.15, -0.1) is 0 Å². The molecule has 6 heteroatoms. The Labute approximate surface area is 123 Å². The van der Waals surface area contributed by atoms with E-state index < -0.39 is 0 Å². The van der Waals surface area contributed by atoms with Crippen LogP contribution in [0.4, 0.5) is 4.39 Å². The molecule has 0 saturated heterocycles. The lowest BCUT2D eigenvalue weighted by molar-refractivity contribution is 0.181. The van der Waals surface area contributed by atoms with E-state index in [0.717, 1.165) is 11.5 Å². The molecule has 1 aromatic carbocycles. The summed E-state index contributed by atoms with van der Waals surface area (Å²) < 4.78 is 19.0. The van der Waals surface area contributed by atoms with E-state index in [1.54, 1.807) is 25.4 Å². The van der Waals surface area contributed by atoms with Crippen molar-refractivity contribution < 1.29 is 14.2 Å². The van der Waals surface area contributed by atoms with Gasteiger partial charge in [-0.05, 0) is 25.1 Å². The van der Waals surface area contributed by atoms with Gasteiger partial charge < -0.3 is 14.8 Å². The lowest BCUT2D eigenvalue weighted by atomic mass is 10.2. The van der Waals surface area contributed by atoms with Gasteiger partial charge in [0, 0.05) is 37.1 Å². The Bertz CT molecular complexity index is 586. The van der Waals surface area contributed by atoms with Gasteiger partial charge in [-0.25, -0.2) is 9.37 Å². The van der Waals surface area contributed by atoms with Crippen LogP contribution in [0.25, 0.3) is 0 Å². The zero-order chi connectivity index (χ0) is 15.2. The predicted octanol–water partition coefficient (Wildman–Crippen LogP) is 1.86. The number of aryl methyl sites for hydroxylation is 1. The highest BCUT2D eigenvalue weighted by Crippen LogP contribution is 2.19. The van der Waals surface area contributed by atoms with E-state index in [2.05, 4.69) is 9.97 Å². The molecule has 1 heterocycles. The molecule has 2 aromatic rings. The molecule has 2 rings (SSSR count). The Morgan fingerprint density at radius 3 is 2.81 bits per heavy atom. The van der Waals surface area contributed by atoms with Gasteiger partial charge in [0.2, 0.25) is 0 Å². The number of nitrogens with zero attached hydrogens (tertiary/aromatic N) is 2. The Morgan fingerprint density at radius 2 is 2.19 bits per heavy atom. The number of H-pyrrole nitrogens is 1. The number of aliphatic hydroxyl groups is 1. The minimum atomic E-state index is -0.278. The standard InChI is InChI=1S/C15H20FN3O2/c1-11-17-8-13(18-11)10-19(5-6-20)9-12-7-14(21-2)3-4-15(12)16/h3-4,7-8,20H,5-6,9-10H2,1-2H3,(H,17,18). The fourth-order valence-corrected chi connectivity index (χ4v) is 2.19. The van der Waals surface area contributed by atoms with Crippen molar-refractivity contribution in [3.8, 4) is 5.75 Å². The van der Waals surface area contributed by atoms with Gasteiger partial charge in [-0.1, -0.05) is 0 Å². The summed E-state index contributed by atoms with van der Waals surface area (Å²) >= 11 is 0. The molecule has 21 heavy (non-hydrogen) atoms. The van der Waals surface area contributed by atoms with Crippen LogP contribution in [0.1, 0.15) is 17.1 Å². The first-order valence-electron chi connectivity index (χ1n) is 6.78. The Kier molecular flexibility index (Phi) is 5.30. The number of halogens is 1. The van der Waals surface area contributed by atoms with Crippen molar-refractivity contribution in [2.45, 2.75) is 20.0 Å². The number of nitrogens with one attached hydrogen (secondary N) is 1. The number of imidazole rings is 1. The zero-order valence-electron chi connectivity index (χ0n) is 12.3. The molecule has 0 saturated carbocycles. The summed E-state index contributed by atoms with van der Waals surface area (Å²) in [5.41, 5.74) is 1.48. The molecular formula is C15H20FN3O2. The van der Waals surface area contributed by atoms with Crippen molar-refractivity contribution in [2.75, 3.05) is 20.3 Å². The van der Waals surface area contributed by atoms with Crippen LogP contribution < -0.4 is 4.74 Å². The maximum absolute atomic E-state index is 13.9. The topological polar surface area (TPSA) is 61.4 Å². The maximum atomic E-state index is 13.9. The van der Waals surface area contributed by atoms with Gasteiger partial charge in [0.1, 0.15) is 17.4 Å². The molecule has 0 aliphatic heterocycles. The Balaban J connectivity index is 2.11. The van der Waals surface area contributed by atoms with Gasteiger partial charge in [-0.3, -0.25) is 4.90 Å². The van der Waals surface area contributed by atoms with Crippen molar-refractivity contribution in [3.63, 3.8) is 0 Å². The summed E-state index contributed by atoms with van der Waals surface area (Å²) in [6.07, 6.45) is 1.75. The monoisotopic (exact) mass is 293 g/mol. The second kappa shape index (κ2) is 7.19. The normalized spacial score (nSPS) is 11.1. The summed E-state index contributed by atoms with van der Waals surface area (Å²) in [6, 6.07) is 4.66. The molecule has 0 aliphatic carbocycles. The molecule has 0 fully saturated rings. The van der Waals surface area contributed by atoms with Crippen LogP contribution in [0.3, 0.4) is 0 Å². The van der Waals surface area contributed by atoms with Crippen molar-refractivity contribution in [1.29, 1.82) is 0 Å². The summed E-state index contributed by atoms with van der Waals surface area (Å²) in [6.45, 7) is 3.30. The predicted molar refractivity (Wildman–Crippen MR) is 77.5 cm³/mol. The SMILES string of the molecule is COc1ccc(F)c(CN(CCO)Cc2cnc(C)[nH]2)c1. The van der Waals surface area contributed by atoms with Gasteiger partial charge >= 0.3 is 0 Å². The minimum Gasteiger partial charge on any atom is -0.497 e. The molecular weight excluding hydrogens is 273 g/mol. The van der Waals surface area contributed by atoms with E-state index in [-0.39, 0.29) is 12.4 Å². The van der Waals surface area contributed by atoms with Crippen LogP contribution in [0, 0.1) is 12.7 Å². The third-order valence-electron chi connectivity index (χ3n) is 3.21. The van der Waals surface area contributed by atoms with E-state index in [1.165, 1.54) is 6.07 Å². The number of benzene rings is 1. The smallest absolute Gasteiger partial charge is 0.127 e. The number of aromatic amines is 1. The molecule has 0 bridgehead atoms. The van der Waals surface area contributed by atoms with E-state index in [4.69, 9.17) is 4.74 Å². The number of hydrogen-bond donors (Lipinski definition) is 2. The Morgan fingerprint density at radius 1 is 1.38 bits per heavy atom. The molecule has 2 N–H and O–H groups in total. The highest BCUT2D eigenvalue weighted by Gasteiger charge is 2.12. The molecule has 0 amide bonds. The van der Waals surface area contributed by atoms with Gasteiger partial charge in [0.15, 0.2) is 0 Å². The van der Waals surface area contributed by atoms with Gasteiger partial charge in [0.25, 0.3) is 0 Å². The number of rotatable bonds is 7. The van der Waals surface area contributed by atoms with E-state index >= 15 is 0 Å². The number of ether oxygens (including phenoxy) is 1. The summed E-state index contributed by atoms with van der Waals surface area (Å²) in [5, 5.41) is 9.18. The number of hydrogen-bond acceptors (Lipinski definition) is 4. The zero-order valence-corrected chi connectivity index (χ0v) is 12.3. The van der Waals surface area contributed by atoms with Crippen LogP contribution >= 0.6 is 0 Å². The van der Waals surface area contributed by atoms with Crippen LogP contribution in [0.5, 0.6) is 5.75 Å². The molecule has 5 nitrogen and oxygen atoms in total. The lowest BCUT2D eigenvalue weighted by Crippen LogP contribution is -2.26. The van der Waals surface area contributed by atoms with Crippen molar-refractivity contribution >= 4 is 0 Å². The second-order valence-electron chi connectivity index (χ2n) is 4.89. The van der Waals surface area contributed by atoms with Crippen molar-refractivity contribution in [2.24, 2.45) is 0 Å². The third-order valence-corrected chi connectivity index (χ3v) is 3.21. The fourth-order valence-electron chi connectivity index (χ4n) is 2.19. The first kappa shape index (κ1) is 15.5. The maximum Gasteiger partial charge on any atom is 0.127 e. The summed E-state index contributed by atoms with van der Waals surface area (Å²) in [4.78, 5) is 9.23. The van der Waals surface area contributed by atoms with Crippen molar-refractivity contribution in [3.05, 3.63) is 47.3 Å². The highest BCUT2D eigenvalue weighted by molar-refractivity contribution is 5.29. The first-order chi connectivity index (χ1) is 10.1. The molecule has 0 atom stereocenters. The minimum absolute atomic E-state index is 0.0126. The quantitative estimate of drug-likeness (QED) is 0.818. The summed E-state index contributed by atoms with van der Waals surface area (Å²) in [7, 11) is 1.55. The van der Waals surface area contributed by atoms with Crippen molar-refractivity contribution in [1.82, 2.24) is 14.9 Å².